The van der Waals surface area contributed by atoms with E-state index in [2.05, 4.69) is 22.2 Å². The van der Waals surface area contributed by atoms with Gasteiger partial charge in [0.2, 0.25) is 0 Å². The third-order valence-corrected chi connectivity index (χ3v) is 4.73. The number of hydrogen-bond acceptors (Lipinski definition) is 3. The summed E-state index contributed by atoms with van der Waals surface area (Å²) >= 11 is 0. The van der Waals surface area contributed by atoms with Crippen molar-refractivity contribution < 1.29 is 0 Å². The summed E-state index contributed by atoms with van der Waals surface area (Å²) in [5, 5.41) is 3.57. The van der Waals surface area contributed by atoms with Crippen molar-refractivity contribution in [3.05, 3.63) is 0 Å². The second-order valence-corrected chi connectivity index (χ2v) is 5.57. The number of rotatable bonds is 1. The lowest BCUT2D eigenvalue weighted by Crippen LogP contribution is -2.50. The molecular formula is C12H23N3. The van der Waals surface area contributed by atoms with Crippen molar-refractivity contribution in [2.45, 2.75) is 18.9 Å². The molecule has 2 aliphatic heterocycles. The second-order valence-electron chi connectivity index (χ2n) is 5.57. The second kappa shape index (κ2) is 4.04. The minimum Gasteiger partial charge on any atom is -0.316 e. The van der Waals surface area contributed by atoms with Gasteiger partial charge in [-0.25, -0.2) is 0 Å². The number of likely N-dealkylation sites (N-methyl/N-ethyl adjacent to an activating group) is 1. The van der Waals surface area contributed by atoms with Crippen molar-refractivity contribution in [1.82, 2.24) is 15.1 Å². The average Bonchev–Trinajstić information content (AvgIpc) is 2.80. The van der Waals surface area contributed by atoms with Gasteiger partial charge in [-0.3, -0.25) is 4.90 Å². The van der Waals surface area contributed by atoms with Crippen LogP contribution < -0.4 is 5.32 Å². The zero-order chi connectivity index (χ0) is 10.3. The Morgan fingerprint density at radius 3 is 2.60 bits per heavy atom. The Morgan fingerprint density at radius 2 is 1.80 bits per heavy atom. The number of piperazine rings is 1. The molecule has 3 atom stereocenters. The number of hydrogen-bond donors (Lipinski definition) is 1. The Labute approximate surface area is 92.8 Å². The normalized spacial score (nSPS) is 43.4. The van der Waals surface area contributed by atoms with Crippen LogP contribution in [0.5, 0.6) is 0 Å². The maximum Gasteiger partial charge on any atom is 0.0140 e. The fourth-order valence-electron chi connectivity index (χ4n) is 3.73. The first kappa shape index (κ1) is 10.1. The molecule has 3 nitrogen and oxygen atoms in total. The van der Waals surface area contributed by atoms with E-state index in [1.807, 2.05) is 0 Å². The van der Waals surface area contributed by atoms with E-state index < -0.39 is 0 Å². The maximum absolute atomic E-state index is 3.57. The number of fused-ring (bicyclic) bond motifs is 1. The Kier molecular flexibility index (Phi) is 2.71. The van der Waals surface area contributed by atoms with Crippen LogP contribution in [0.3, 0.4) is 0 Å². The summed E-state index contributed by atoms with van der Waals surface area (Å²) in [6.45, 7) is 7.69. The molecule has 1 aliphatic carbocycles. The lowest BCUT2D eigenvalue weighted by Gasteiger charge is -2.38. The molecular weight excluding hydrogens is 186 g/mol. The van der Waals surface area contributed by atoms with Crippen LogP contribution in [0.1, 0.15) is 12.8 Å². The monoisotopic (exact) mass is 209 g/mol. The Balaban J connectivity index is 1.62. The van der Waals surface area contributed by atoms with E-state index in [0.29, 0.717) is 0 Å². The van der Waals surface area contributed by atoms with Crippen LogP contribution in [0.4, 0.5) is 0 Å². The fourth-order valence-corrected chi connectivity index (χ4v) is 3.73. The highest BCUT2D eigenvalue weighted by Gasteiger charge is 2.41. The average molecular weight is 209 g/mol. The van der Waals surface area contributed by atoms with Crippen LogP contribution in [-0.2, 0) is 0 Å². The van der Waals surface area contributed by atoms with E-state index in [-0.39, 0.29) is 0 Å². The molecule has 15 heavy (non-hydrogen) atoms. The minimum atomic E-state index is 0.902. The maximum atomic E-state index is 3.57. The third kappa shape index (κ3) is 1.81. The van der Waals surface area contributed by atoms with E-state index >= 15 is 0 Å². The molecule has 0 bridgehead atoms. The molecule has 1 N–H and O–H groups in total. The highest BCUT2D eigenvalue weighted by atomic mass is 15.3. The van der Waals surface area contributed by atoms with E-state index in [0.717, 1.165) is 17.9 Å². The van der Waals surface area contributed by atoms with Crippen LogP contribution >= 0.6 is 0 Å². The van der Waals surface area contributed by atoms with Gasteiger partial charge in [0.1, 0.15) is 0 Å². The molecule has 3 rings (SSSR count). The first-order valence-electron chi connectivity index (χ1n) is 6.48. The van der Waals surface area contributed by atoms with Crippen molar-refractivity contribution in [3.63, 3.8) is 0 Å². The summed E-state index contributed by atoms with van der Waals surface area (Å²) in [5.41, 5.74) is 0. The summed E-state index contributed by atoms with van der Waals surface area (Å²) in [4.78, 5) is 5.22. The molecule has 3 aliphatic rings. The van der Waals surface area contributed by atoms with Gasteiger partial charge in [-0.2, -0.15) is 0 Å². The predicted octanol–water partition coefficient (Wildman–Crippen LogP) is 0.232. The molecule has 86 valence electrons. The van der Waals surface area contributed by atoms with Crippen LogP contribution in [0.2, 0.25) is 0 Å². The number of nitrogens with one attached hydrogen (secondary N) is 1. The molecule has 2 saturated heterocycles. The van der Waals surface area contributed by atoms with Gasteiger partial charge >= 0.3 is 0 Å². The van der Waals surface area contributed by atoms with Crippen molar-refractivity contribution in [1.29, 1.82) is 0 Å². The van der Waals surface area contributed by atoms with Gasteiger partial charge < -0.3 is 10.2 Å². The summed E-state index contributed by atoms with van der Waals surface area (Å²) in [6.07, 6.45) is 2.93. The van der Waals surface area contributed by atoms with Crippen LogP contribution in [-0.4, -0.2) is 62.2 Å². The Bertz CT molecular complexity index is 223. The summed E-state index contributed by atoms with van der Waals surface area (Å²) < 4.78 is 0. The SMILES string of the molecule is CN1CCN([C@@H]2CC[C@H]3CNC[C@H]32)CC1. The lowest BCUT2D eigenvalue weighted by atomic mass is 9.96. The van der Waals surface area contributed by atoms with E-state index in [4.69, 9.17) is 0 Å². The molecule has 0 spiro atoms. The molecule has 3 heteroatoms. The summed E-state index contributed by atoms with van der Waals surface area (Å²) in [5.74, 6) is 1.96. The third-order valence-electron chi connectivity index (χ3n) is 4.73. The highest BCUT2D eigenvalue weighted by Crippen LogP contribution is 2.37. The van der Waals surface area contributed by atoms with Gasteiger partial charge in [-0.15, -0.1) is 0 Å². The van der Waals surface area contributed by atoms with Gasteiger partial charge in [0, 0.05) is 32.2 Å². The summed E-state index contributed by atoms with van der Waals surface area (Å²) in [6, 6.07) is 0.902. The minimum absolute atomic E-state index is 0.902. The standard InChI is InChI=1S/C12H23N3/c1-14-4-6-15(7-5-14)12-3-2-10-8-13-9-11(10)12/h10-13H,2-9H2,1H3/t10-,11+,12+/m0/s1. The van der Waals surface area contributed by atoms with Gasteiger partial charge in [0.25, 0.3) is 0 Å². The first-order valence-corrected chi connectivity index (χ1v) is 6.48. The van der Waals surface area contributed by atoms with Gasteiger partial charge in [0.15, 0.2) is 0 Å². The first-order chi connectivity index (χ1) is 7.34. The van der Waals surface area contributed by atoms with Crippen LogP contribution in [0.25, 0.3) is 0 Å². The van der Waals surface area contributed by atoms with E-state index in [1.54, 1.807) is 0 Å². The molecule has 0 aromatic carbocycles. The van der Waals surface area contributed by atoms with Gasteiger partial charge in [-0.1, -0.05) is 0 Å². The van der Waals surface area contributed by atoms with Crippen LogP contribution in [0.15, 0.2) is 0 Å². The predicted molar refractivity (Wildman–Crippen MR) is 61.9 cm³/mol. The van der Waals surface area contributed by atoms with Gasteiger partial charge in [0.05, 0.1) is 0 Å². The lowest BCUT2D eigenvalue weighted by molar-refractivity contribution is 0.0920. The largest absolute Gasteiger partial charge is 0.316 e. The van der Waals surface area contributed by atoms with Gasteiger partial charge in [-0.05, 0) is 44.8 Å². The van der Waals surface area contributed by atoms with E-state index in [1.165, 1.54) is 52.1 Å². The van der Waals surface area contributed by atoms with E-state index in [9.17, 15) is 0 Å². The fraction of sp³-hybridized carbons (Fsp3) is 1.00. The van der Waals surface area contributed by atoms with Crippen molar-refractivity contribution >= 4 is 0 Å². The molecule has 2 heterocycles. The molecule has 0 unspecified atom stereocenters. The molecule has 0 aromatic rings. The molecule has 0 aromatic heterocycles. The molecule has 3 fully saturated rings. The zero-order valence-corrected chi connectivity index (χ0v) is 9.78. The highest BCUT2D eigenvalue weighted by molar-refractivity contribution is 4.97. The topological polar surface area (TPSA) is 18.5 Å². The zero-order valence-electron chi connectivity index (χ0n) is 9.78. The smallest absolute Gasteiger partial charge is 0.0140 e. The van der Waals surface area contributed by atoms with Crippen molar-refractivity contribution in [3.8, 4) is 0 Å². The van der Waals surface area contributed by atoms with Crippen molar-refractivity contribution in [2.24, 2.45) is 11.8 Å². The quantitative estimate of drug-likeness (QED) is 0.667. The van der Waals surface area contributed by atoms with Crippen molar-refractivity contribution in [2.75, 3.05) is 46.3 Å². The Morgan fingerprint density at radius 1 is 1.00 bits per heavy atom. The molecule has 1 saturated carbocycles. The molecule has 0 amide bonds. The molecule has 0 radical (unpaired) electrons. The van der Waals surface area contributed by atoms with Crippen LogP contribution in [0, 0.1) is 11.8 Å². The Hall–Kier alpha value is -0.120. The number of nitrogens with zero attached hydrogens (tertiary/aromatic N) is 2. The summed E-state index contributed by atoms with van der Waals surface area (Å²) in [7, 11) is 2.24.